The molecule has 1 aromatic rings. The predicted molar refractivity (Wildman–Crippen MR) is 63.7 cm³/mol. The summed E-state index contributed by atoms with van der Waals surface area (Å²) >= 11 is 1.71. The third kappa shape index (κ3) is 4.10. The van der Waals surface area contributed by atoms with Crippen LogP contribution in [0.1, 0.15) is 18.9 Å². The second-order valence-corrected chi connectivity index (χ2v) is 4.94. The number of aliphatic hydroxyl groups is 1. The van der Waals surface area contributed by atoms with Crippen LogP contribution in [0.4, 0.5) is 8.78 Å². The van der Waals surface area contributed by atoms with Crippen molar-refractivity contribution in [3.63, 3.8) is 0 Å². The van der Waals surface area contributed by atoms with Crippen LogP contribution < -0.4 is 0 Å². The second kappa shape index (κ2) is 6.86. The molecule has 0 saturated carbocycles. The van der Waals surface area contributed by atoms with E-state index in [-0.39, 0.29) is 12.0 Å². The van der Waals surface area contributed by atoms with Crippen LogP contribution in [0.25, 0.3) is 0 Å². The summed E-state index contributed by atoms with van der Waals surface area (Å²) in [5.41, 5.74) is -0.0171. The predicted octanol–water partition coefficient (Wildman–Crippen LogP) is 3.01. The van der Waals surface area contributed by atoms with Crippen LogP contribution in [0.5, 0.6) is 0 Å². The van der Waals surface area contributed by atoms with E-state index in [0.29, 0.717) is 6.42 Å². The van der Waals surface area contributed by atoms with Gasteiger partial charge in [-0.1, -0.05) is 13.0 Å². The van der Waals surface area contributed by atoms with Crippen LogP contribution in [0.3, 0.4) is 0 Å². The third-order valence-electron chi connectivity index (χ3n) is 2.30. The zero-order chi connectivity index (χ0) is 12.0. The van der Waals surface area contributed by atoms with E-state index in [1.54, 1.807) is 11.8 Å². The van der Waals surface area contributed by atoms with Crippen molar-refractivity contribution in [2.45, 2.75) is 25.9 Å². The summed E-state index contributed by atoms with van der Waals surface area (Å²) in [5, 5.41) is 9.63. The maximum Gasteiger partial charge on any atom is 0.129 e. The van der Waals surface area contributed by atoms with Gasteiger partial charge in [-0.3, -0.25) is 0 Å². The van der Waals surface area contributed by atoms with Gasteiger partial charge in [0.15, 0.2) is 0 Å². The second-order valence-electron chi connectivity index (χ2n) is 3.54. The van der Waals surface area contributed by atoms with Gasteiger partial charge in [-0.05, 0) is 30.1 Å². The highest BCUT2D eigenvalue weighted by Crippen LogP contribution is 2.16. The quantitative estimate of drug-likeness (QED) is 0.779. The molecule has 0 bridgehead atoms. The molecule has 1 nitrogen and oxygen atoms in total. The fourth-order valence-corrected chi connectivity index (χ4v) is 2.16. The normalized spacial score (nSPS) is 12.8. The highest BCUT2D eigenvalue weighted by atomic mass is 32.2. The number of benzene rings is 1. The average molecular weight is 246 g/mol. The highest BCUT2D eigenvalue weighted by Gasteiger charge is 2.13. The lowest BCUT2D eigenvalue weighted by molar-refractivity contribution is 0.169. The molecule has 0 heterocycles. The Bertz CT molecular complexity index is 311. The molecule has 1 rings (SSSR count). The summed E-state index contributed by atoms with van der Waals surface area (Å²) in [7, 11) is 0. The Morgan fingerprint density at radius 1 is 1.31 bits per heavy atom. The van der Waals surface area contributed by atoms with E-state index >= 15 is 0 Å². The molecule has 1 N–H and O–H groups in total. The zero-order valence-electron chi connectivity index (χ0n) is 9.25. The Kier molecular flexibility index (Phi) is 5.77. The van der Waals surface area contributed by atoms with Crippen LogP contribution >= 0.6 is 11.8 Å². The molecule has 16 heavy (non-hydrogen) atoms. The molecule has 0 aliphatic carbocycles. The maximum absolute atomic E-state index is 13.2. The summed E-state index contributed by atoms with van der Waals surface area (Å²) in [6.07, 6.45) is -0.0693. The first-order valence-corrected chi connectivity index (χ1v) is 6.49. The van der Waals surface area contributed by atoms with Crippen molar-refractivity contribution in [2.75, 3.05) is 11.5 Å². The number of hydrogen-bond acceptors (Lipinski definition) is 2. The van der Waals surface area contributed by atoms with Gasteiger partial charge in [0.2, 0.25) is 0 Å². The highest BCUT2D eigenvalue weighted by molar-refractivity contribution is 7.99. The Hall–Kier alpha value is -0.610. The van der Waals surface area contributed by atoms with Gasteiger partial charge < -0.3 is 5.11 Å². The minimum absolute atomic E-state index is 0.0171. The minimum Gasteiger partial charge on any atom is -0.393 e. The lowest BCUT2D eigenvalue weighted by atomic mass is 10.1. The molecule has 0 aliphatic rings. The van der Waals surface area contributed by atoms with E-state index in [4.69, 9.17) is 0 Å². The molecule has 1 atom stereocenters. The number of halogens is 2. The topological polar surface area (TPSA) is 20.2 Å². The minimum atomic E-state index is -0.676. The van der Waals surface area contributed by atoms with Crippen molar-refractivity contribution in [2.24, 2.45) is 0 Å². The van der Waals surface area contributed by atoms with Gasteiger partial charge in [0.25, 0.3) is 0 Å². The number of rotatable bonds is 6. The van der Waals surface area contributed by atoms with Gasteiger partial charge >= 0.3 is 0 Å². The van der Waals surface area contributed by atoms with E-state index in [0.717, 1.165) is 11.5 Å². The molecular formula is C12H16F2OS. The molecule has 4 heteroatoms. The number of thioether (sulfide) groups is 1. The molecule has 0 aromatic heterocycles. The van der Waals surface area contributed by atoms with Crippen LogP contribution in [-0.2, 0) is 6.42 Å². The molecule has 1 aromatic carbocycles. The fraction of sp³-hybridized carbons (Fsp3) is 0.500. The molecule has 1 unspecified atom stereocenters. The SMILES string of the molecule is CCSCCC(O)Cc1c(F)cccc1F. The van der Waals surface area contributed by atoms with Gasteiger partial charge in [0.05, 0.1) is 6.10 Å². The van der Waals surface area contributed by atoms with Crippen molar-refractivity contribution in [3.8, 4) is 0 Å². The zero-order valence-corrected chi connectivity index (χ0v) is 10.1. The summed E-state index contributed by atoms with van der Waals surface area (Å²) < 4.78 is 26.5. The molecule has 90 valence electrons. The first-order chi connectivity index (χ1) is 7.65. The molecule has 0 fully saturated rings. The van der Waals surface area contributed by atoms with Crippen molar-refractivity contribution >= 4 is 11.8 Å². The Morgan fingerprint density at radius 2 is 1.94 bits per heavy atom. The fourth-order valence-electron chi connectivity index (χ4n) is 1.43. The van der Waals surface area contributed by atoms with Crippen molar-refractivity contribution in [1.82, 2.24) is 0 Å². The van der Waals surface area contributed by atoms with Crippen molar-refractivity contribution in [3.05, 3.63) is 35.4 Å². The van der Waals surface area contributed by atoms with Crippen molar-refractivity contribution in [1.29, 1.82) is 0 Å². The maximum atomic E-state index is 13.2. The van der Waals surface area contributed by atoms with Gasteiger partial charge in [0, 0.05) is 12.0 Å². The summed E-state index contributed by atoms with van der Waals surface area (Å²) in [4.78, 5) is 0. The number of hydrogen-bond donors (Lipinski definition) is 1. The van der Waals surface area contributed by atoms with E-state index in [1.807, 2.05) is 6.92 Å². The molecule has 0 aliphatic heterocycles. The Balaban J connectivity index is 2.52. The van der Waals surface area contributed by atoms with Crippen LogP contribution in [-0.4, -0.2) is 22.7 Å². The Morgan fingerprint density at radius 3 is 2.50 bits per heavy atom. The molecular weight excluding hydrogens is 230 g/mol. The van der Waals surface area contributed by atoms with Crippen LogP contribution in [0.15, 0.2) is 18.2 Å². The lowest BCUT2D eigenvalue weighted by Gasteiger charge is -2.11. The lowest BCUT2D eigenvalue weighted by Crippen LogP contribution is -2.14. The van der Waals surface area contributed by atoms with Gasteiger partial charge in [-0.2, -0.15) is 11.8 Å². The first-order valence-electron chi connectivity index (χ1n) is 5.33. The molecule has 0 radical (unpaired) electrons. The van der Waals surface area contributed by atoms with E-state index < -0.39 is 17.7 Å². The summed E-state index contributed by atoms with van der Waals surface area (Å²) in [6.45, 7) is 2.04. The summed E-state index contributed by atoms with van der Waals surface area (Å²) in [6, 6.07) is 3.76. The standard InChI is InChI=1S/C12H16F2OS/c1-2-16-7-6-9(15)8-10-11(13)4-3-5-12(10)14/h3-5,9,15H,2,6-8H2,1H3. The molecule has 0 saturated heterocycles. The van der Waals surface area contributed by atoms with E-state index in [1.165, 1.54) is 18.2 Å². The largest absolute Gasteiger partial charge is 0.393 e. The van der Waals surface area contributed by atoms with Crippen molar-refractivity contribution < 1.29 is 13.9 Å². The monoisotopic (exact) mass is 246 g/mol. The van der Waals surface area contributed by atoms with Crippen LogP contribution in [0, 0.1) is 11.6 Å². The smallest absolute Gasteiger partial charge is 0.129 e. The van der Waals surface area contributed by atoms with Crippen LogP contribution in [0.2, 0.25) is 0 Å². The van der Waals surface area contributed by atoms with Gasteiger partial charge in [0.1, 0.15) is 11.6 Å². The molecule has 0 amide bonds. The first kappa shape index (κ1) is 13.5. The summed E-state index contributed by atoms with van der Waals surface area (Å²) in [5.74, 6) is 0.638. The number of aliphatic hydroxyl groups excluding tert-OH is 1. The van der Waals surface area contributed by atoms with E-state index in [9.17, 15) is 13.9 Å². The van der Waals surface area contributed by atoms with E-state index in [2.05, 4.69) is 0 Å². The van der Waals surface area contributed by atoms with Gasteiger partial charge in [-0.25, -0.2) is 8.78 Å². The molecule has 0 spiro atoms. The van der Waals surface area contributed by atoms with Gasteiger partial charge in [-0.15, -0.1) is 0 Å². The Labute approximate surface area is 98.9 Å². The average Bonchev–Trinajstić information content (AvgIpc) is 2.24. The third-order valence-corrected chi connectivity index (χ3v) is 3.23.